The minimum absolute atomic E-state index is 0.0635. The number of hydrogen-bond donors (Lipinski definition) is 2. The first-order chi connectivity index (χ1) is 12.8. The number of benzene rings is 2. The molecule has 0 unspecified atom stereocenters. The van der Waals surface area contributed by atoms with E-state index >= 15 is 0 Å². The third kappa shape index (κ3) is 3.94. The van der Waals surface area contributed by atoms with Crippen LogP contribution in [-0.4, -0.2) is 28.8 Å². The van der Waals surface area contributed by atoms with Gasteiger partial charge in [0.15, 0.2) is 0 Å². The molecule has 3 aromatic rings. The Bertz CT molecular complexity index is 845. The molecule has 1 fully saturated rings. The van der Waals surface area contributed by atoms with Gasteiger partial charge in [-0.1, -0.05) is 36.4 Å². The Morgan fingerprint density at radius 3 is 2.35 bits per heavy atom. The van der Waals surface area contributed by atoms with E-state index in [1.54, 1.807) is 6.20 Å². The Morgan fingerprint density at radius 1 is 1.00 bits per heavy atom. The summed E-state index contributed by atoms with van der Waals surface area (Å²) in [6.07, 6.45) is 4.01. The first-order valence-electron chi connectivity index (χ1n) is 8.87. The summed E-state index contributed by atoms with van der Waals surface area (Å²) in [6, 6.07) is 18.7. The van der Waals surface area contributed by atoms with E-state index < -0.39 is 0 Å². The lowest BCUT2D eigenvalue weighted by atomic mass is 10.0. The molecule has 0 aliphatic carbocycles. The summed E-state index contributed by atoms with van der Waals surface area (Å²) in [7, 11) is 0. The fourth-order valence-corrected chi connectivity index (χ4v) is 3.14. The summed E-state index contributed by atoms with van der Waals surface area (Å²) in [5.74, 6) is 0.961. The Hall–Kier alpha value is -3.08. The van der Waals surface area contributed by atoms with Gasteiger partial charge in [0.2, 0.25) is 5.91 Å². The van der Waals surface area contributed by atoms with Crippen LogP contribution in [0, 0.1) is 0 Å². The molecule has 1 amide bonds. The van der Waals surface area contributed by atoms with Crippen molar-refractivity contribution in [1.29, 1.82) is 0 Å². The maximum absolute atomic E-state index is 11.2. The molecule has 1 aliphatic rings. The zero-order valence-electron chi connectivity index (χ0n) is 14.4. The van der Waals surface area contributed by atoms with E-state index in [9.17, 15) is 4.79 Å². The van der Waals surface area contributed by atoms with Crippen LogP contribution in [0.2, 0.25) is 0 Å². The number of nitrogens with one attached hydrogen (secondary N) is 2. The van der Waals surface area contributed by atoms with Crippen LogP contribution in [0.1, 0.15) is 24.0 Å². The molecular weight excluding hydrogens is 326 g/mol. The number of aromatic amines is 1. The van der Waals surface area contributed by atoms with Crippen molar-refractivity contribution in [2.24, 2.45) is 0 Å². The summed E-state index contributed by atoms with van der Waals surface area (Å²) in [5, 5.41) is 9.80. The van der Waals surface area contributed by atoms with Crippen LogP contribution in [0.15, 0.2) is 60.8 Å². The average molecular weight is 347 g/mol. The lowest BCUT2D eigenvalue weighted by molar-refractivity contribution is -0.123. The first kappa shape index (κ1) is 16.4. The van der Waals surface area contributed by atoms with E-state index in [4.69, 9.17) is 4.74 Å². The quantitative estimate of drug-likeness (QED) is 0.744. The Labute approximate surface area is 152 Å². The minimum atomic E-state index is 0.0635. The fourth-order valence-electron chi connectivity index (χ4n) is 3.14. The molecule has 26 heavy (non-hydrogen) atoms. The van der Waals surface area contributed by atoms with Gasteiger partial charge in [0.25, 0.3) is 0 Å². The van der Waals surface area contributed by atoms with E-state index in [1.807, 2.05) is 18.2 Å². The van der Waals surface area contributed by atoms with Gasteiger partial charge < -0.3 is 10.1 Å². The first-order valence-corrected chi connectivity index (χ1v) is 8.87. The third-order valence-corrected chi connectivity index (χ3v) is 4.62. The summed E-state index contributed by atoms with van der Waals surface area (Å²) in [5.41, 5.74) is 4.66. The third-order valence-electron chi connectivity index (χ3n) is 4.62. The van der Waals surface area contributed by atoms with Crippen molar-refractivity contribution in [2.45, 2.75) is 25.4 Å². The van der Waals surface area contributed by atoms with Crippen LogP contribution in [0.5, 0.6) is 5.75 Å². The highest BCUT2D eigenvalue weighted by atomic mass is 16.5. The van der Waals surface area contributed by atoms with Crippen LogP contribution in [-0.2, 0) is 11.2 Å². The molecule has 5 heteroatoms. The maximum Gasteiger partial charge on any atom is 0.220 e. The number of amides is 1. The van der Waals surface area contributed by atoms with Gasteiger partial charge in [0.05, 0.1) is 12.2 Å². The molecule has 2 aromatic carbocycles. The molecule has 0 radical (unpaired) electrons. The second-order valence-corrected chi connectivity index (χ2v) is 6.57. The Balaban J connectivity index is 1.36. The number of carbonyl (C=O) groups is 1. The van der Waals surface area contributed by atoms with Gasteiger partial charge in [0, 0.05) is 12.6 Å². The monoisotopic (exact) mass is 347 g/mol. The maximum atomic E-state index is 11.2. The Morgan fingerprint density at radius 2 is 1.73 bits per heavy atom. The van der Waals surface area contributed by atoms with Crippen LogP contribution >= 0.6 is 0 Å². The predicted octanol–water partition coefficient (Wildman–Crippen LogP) is 3.32. The summed E-state index contributed by atoms with van der Waals surface area (Å²) in [6.45, 7) is 0.587. The van der Waals surface area contributed by atoms with Crippen LogP contribution < -0.4 is 10.1 Å². The van der Waals surface area contributed by atoms with Crippen LogP contribution in [0.3, 0.4) is 0 Å². The molecule has 2 heterocycles. The van der Waals surface area contributed by atoms with E-state index in [2.05, 4.69) is 51.9 Å². The second kappa shape index (κ2) is 7.44. The standard InChI is InChI=1S/C21H21N3O2/c25-21-10-9-19(14-22-21)26-18-7-3-16(4-8-18)13-15-1-5-17(6-2-15)20-11-12-23-24-20/h1-8,11-12,19H,9-10,13-14H2,(H,22,25)(H,23,24)/t19-/m1/s1. The SMILES string of the molecule is O=C1CC[C@@H](Oc2ccc(Cc3ccc(-c4ccn[nH]4)cc3)cc2)CN1. The van der Waals surface area contributed by atoms with Crippen molar-refractivity contribution in [1.82, 2.24) is 15.5 Å². The lowest BCUT2D eigenvalue weighted by Crippen LogP contribution is -2.40. The topological polar surface area (TPSA) is 67.0 Å². The highest BCUT2D eigenvalue weighted by molar-refractivity contribution is 5.76. The van der Waals surface area contributed by atoms with Gasteiger partial charge in [-0.2, -0.15) is 5.10 Å². The molecule has 1 aliphatic heterocycles. The van der Waals surface area contributed by atoms with Gasteiger partial charge in [-0.05, 0) is 47.7 Å². The zero-order chi connectivity index (χ0) is 17.8. The largest absolute Gasteiger partial charge is 0.489 e. The van der Waals surface area contributed by atoms with Crippen molar-refractivity contribution in [3.8, 4) is 17.0 Å². The number of piperidine rings is 1. The number of aromatic nitrogens is 2. The zero-order valence-corrected chi connectivity index (χ0v) is 14.4. The Kier molecular flexibility index (Phi) is 4.69. The van der Waals surface area contributed by atoms with E-state index in [0.29, 0.717) is 13.0 Å². The fraction of sp³-hybridized carbons (Fsp3) is 0.238. The molecule has 1 saturated heterocycles. The van der Waals surface area contributed by atoms with Gasteiger partial charge in [-0.25, -0.2) is 0 Å². The molecule has 5 nitrogen and oxygen atoms in total. The van der Waals surface area contributed by atoms with Crippen molar-refractivity contribution in [2.75, 3.05) is 6.54 Å². The van der Waals surface area contributed by atoms with Gasteiger partial charge >= 0.3 is 0 Å². The van der Waals surface area contributed by atoms with Crippen LogP contribution in [0.4, 0.5) is 0 Å². The van der Waals surface area contributed by atoms with E-state index in [0.717, 1.165) is 29.8 Å². The summed E-state index contributed by atoms with van der Waals surface area (Å²) < 4.78 is 5.94. The molecule has 0 bridgehead atoms. The van der Waals surface area contributed by atoms with Gasteiger partial charge in [-0.15, -0.1) is 0 Å². The molecule has 2 N–H and O–H groups in total. The van der Waals surface area contributed by atoms with Crippen molar-refractivity contribution >= 4 is 5.91 Å². The molecule has 1 atom stereocenters. The number of rotatable bonds is 5. The molecular formula is C21H21N3O2. The van der Waals surface area contributed by atoms with Crippen LogP contribution in [0.25, 0.3) is 11.3 Å². The van der Waals surface area contributed by atoms with Gasteiger partial charge in [-0.3, -0.25) is 9.89 Å². The minimum Gasteiger partial charge on any atom is -0.489 e. The molecule has 4 rings (SSSR count). The smallest absolute Gasteiger partial charge is 0.220 e. The highest BCUT2D eigenvalue weighted by Crippen LogP contribution is 2.21. The molecule has 1 aromatic heterocycles. The van der Waals surface area contributed by atoms with E-state index in [1.165, 1.54) is 11.1 Å². The number of nitrogens with zero attached hydrogens (tertiary/aromatic N) is 1. The summed E-state index contributed by atoms with van der Waals surface area (Å²) in [4.78, 5) is 11.2. The number of hydrogen-bond acceptors (Lipinski definition) is 3. The molecule has 132 valence electrons. The molecule has 0 spiro atoms. The van der Waals surface area contributed by atoms with Gasteiger partial charge in [0.1, 0.15) is 11.9 Å². The number of ether oxygens (including phenoxy) is 1. The average Bonchev–Trinajstić information content (AvgIpc) is 3.21. The molecule has 0 saturated carbocycles. The van der Waals surface area contributed by atoms with Crippen molar-refractivity contribution < 1.29 is 9.53 Å². The van der Waals surface area contributed by atoms with E-state index in [-0.39, 0.29) is 12.0 Å². The number of H-pyrrole nitrogens is 1. The second-order valence-electron chi connectivity index (χ2n) is 6.57. The lowest BCUT2D eigenvalue weighted by Gasteiger charge is -2.23. The normalized spacial score (nSPS) is 16.9. The summed E-state index contributed by atoms with van der Waals surface area (Å²) >= 11 is 0. The van der Waals surface area contributed by atoms with Crippen molar-refractivity contribution in [3.05, 3.63) is 71.9 Å². The number of carbonyl (C=O) groups excluding carboxylic acids is 1. The predicted molar refractivity (Wildman–Crippen MR) is 99.9 cm³/mol. The highest BCUT2D eigenvalue weighted by Gasteiger charge is 2.19. The van der Waals surface area contributed by atoms with Crippen molar-refractivity contribution in [3.63, 3.8) is 0 Å².